The van der Waals surface area contributed by atoms with Crippen LogP contribution < -0.4 is 0 Å². The summed E-state index contributed by atoms with van der Waals surface area (Å²) in [6.45, 7) is 0. The highest BCUT2D eigenvalue weighted by atomic mass is 35.5. The van der Waals surface area contributed by atoms with Crippen molar-refractivity contribution in [3.63, 3.8) is 0 Å². The van der Waals surface area contributed by atoms with Crippen LogP contribution in [0.3, 0.4) is 0 Å². The average Bonchev–Trinajstić information content (AvgIpc) is 2.90. The molecular weight excluding hydrogens is 346 g/mol. The van der Waals surface area contributed by atoms with E-state index < -0.39 is 11.7 Å². The zero-order chi connectivity index (χ0) is 16.6. The summed E-state index contributed by atoms with van der Waals surface area (Å²) >= 11 is 11.8. The molecule has 0 radical (unpaired) electrons. The molecule has 3 aromatic rings. The van der Waals surface area contributed by atoms with Crippen molar-refractivity contribution >= 4 is 46.3 Å². The van der Waals surface area contributed by atoms with Crippen LogP contribution in [0.4, 0.5) is 13.2 Å². The third kappa shape index (κ3) is 3.23. The van der Waals surface area contributed by atoms with Crippen molar-refractivity contribution < 1.29 is 13.2 Å². The summed E-state index contributed by atoms with van der Waals surface area (Å²) in [5.74, 6) is 0. The first-order valence-electron chi connectivity index (χ1n) is 6.66. The second-order valence-corrected chi connectivity index (χ2v) is 5.79. The molecule has 6 heteroatoms. The Morgan fingerprint density at radius 2 is 1.74 bits per heavy atom. The lowest BCUT2D eigenvalue weighted by atomic mass is 10.0. The molecule has 0 saturated heterocycles. The first-order valence-corrected chi connectivity index (χ1v) is 7.42. The first kappa shape index (κ1) is 16.0. The Labute approximate surface area is 140 Å². The van der Waals surface area contributed by atoms with Crippen molar-refractivity contribution in [1.29, 1.82) is 0 Å². The SMILES string of the molecule is FC(F)(F)c1cccc2[nH]cc(/C=C/c3ccc(Cl)c(Cl)c3)c12. The lowest BCUT2D eigenvalue weighted by Gasteiger charge is -2.08. The number of alkyl halides is 3. The van der Waals surface area contributed by atoms with Crippen LogP contribution in [-0.2, 0) is 6.18 Å². The number of H-pyrrole nitrogens is 1. The van der Waals surface area contributed by atoms with Crippen molar-refractivity contribution in [1.82, 2.24) is 4.98 Å². The summed E-state index contributed by atoms with van der Waals surface area (Å²) < 4.78 is 39.5. The van der Waals surface area contributed by atoms with Gasteiger partial charge in [0.25, 0.3) is 0 Å². The molecule has 0 aliphatic carbocycles. The van der Waals surface area contributed by atoms with Crippen molar-refractivity contribution in [3.8, 4) is 0 Å². The Morgan fingerprint density at radius 1 is 0.957 bits per heavy atom. The number of halogens is 5. The zero-order valence-electron chi connectivity index (χ0n) is 11.6. The molecule has 1 heterocycles. The van der Waals surface area contributed by atoms with Gasteiger partial charge < -0.3 is 4.98 Å². The predicted molar refractivity (Wildman–Crippen MR) is 88.7 cm³/mol. The molecule has 1 nitrogen and oxygen atoms in total. The summed E-state index contributed by atoms with van der Waals surface area (Å²) in [5, 5.41) is 0.968. The van der Waals surface area contributed by atoms with E-state index in [1.54, 1.807) is 42.6 Å². The van der Waals surface area contributed by atoms with Crippen molar-refractivity contribution in [2.24, 2.45) is 0 Å². The molecule has 0 unspecified atom stereocenters. The maximum atomic E-state index is 13.2. The quantitative estimate of drug-likeness (QED) is 0.528. The van der Waals surface area contributed by atoms with Crippen LogP contribution in [-0.4, -0.2) is 4.98 Å². The summed E-state index contributed by atoms with van der Waals surface area (Å²) in [5.41, 5.74) is 0.982. The second-order valence-electron chi connectivity index (χ2n) is 4.98. The third-order valence-corrected chi connectivity index (χ3v) is 4.18. The van der Waals surface area contributed by atoms with Gasteiger partial charge in [0.15, 0.2) is 0 Å². The highest BCUT2D eigenvalue weighted by Crippen LogP contribution is 2.36. The monoisotopic (exact) mass is 355 g/mol. The summed E-state index contributed by atoms with van der Waals surface area (Å²) in [6, 6.07) is 9.10. The van der Waals surface area contributed by atoms with E-state index in [-0.39, 0.29) is 5.39 Å². The van der Waals surface area contributed by atoms with Crippen LogP contribution in [0, 0.1) is 0 Å². The molecular formula is C17H10Cl2F3N. The average molecular weight is 356 g/mol. The minimum atomic E-state index is -4.41. The topological polar surface area (TPSA) is 15.8 Å². The van der Waals surface area contributed by atoms with Crippen molar-refractivity contribution in [3.05, 3.63) is 69.3 Å². The fraction of sp³-hybridized carbons (Fsp3) is 0.0588. The number of nitrogens with one attached hydrogen (secondary N) is 1. The molecule has 1 N–H and O–H groups in total. The van der Waals surface area contributed by atoms with Crippen molar-refractivity contribution in [2.75, 3.05) is 0 Å². The van der Waals surface area contributed by atoms with E-state index in [1.807, 2.05) is 0 Å². The third-order valence-electron chi connectivity index (χ3n) is 3.44. The van der Waals surface area contributed by atoms with Crippen LogP contribution in [0.1, 0.15) is 16.7 Å². The van der Waals surface area contributed by atoms with E-state index >= 15 is 0 Å². The molecule has 0 aliphatic rings. The number of aromatic nitrogens is 1. The van der Waals surface area contributed by atoms with Gasteiger partial charge in [0.05, 0.1) is 15.6 Å². The highest BCUT2D eigenvalue weighted by molar-refractivity contribution is 6.42. The minimum absolute atomic E-state index is 0.149. The van der Waals surface area contributed by atoms with E-state index in [0.717, 1.165) is 11.6 Å². The maximum Gasteiger partial charge on any atom is 0.417 e. The number of fused-ring (bicyclic) bond motifs is 1. The van der Waals surface area contributed by atoms with Gasteiger partial charge in [0.2, 0.25) is 0 Å². The molecule has 0 saturated carbocycles. The molecule has 0 bridgehead atoms. The largest absolute Gasteiger partial charge is 0.417 e. The Morgan fingerprint density at radius 3 is 2.43 bits per heavy atom. The molecule has 23 heavy (non-hydrogen) atoms. The van der Waals surface area contributed by atoms with Crippen LogP contribution in [0.5, 0.6) is 0 Å². The van der Waals surface area contributed by atoms with Gasteiger partial charge in [-0.3, -0.25) is 0 Å². The summed E-state index contributed by atoms with van der Waals surface area (Å²) in [4.78, 5) is 2.86. The van der Waals surface area contributed by atoms with E-state index in [1.165, 1.54) is 6.07 Å². The molecule has 0 amide bonds. The number of rotatable bonds is 2. The molecule has 0 fully saturated rings. The van der Waals surface area contributed by atoms with Crippen LogP contribution >= 0.6 is 23.2 Å². The predicted octanol–water partition coefficient (Wildman–Crippen LogP) is 6.66. The van der Waals surface area contributed by atoms with Crippen LogP contribution in [0.15, 0.2) is 42.6 Å². The second kappa shape index (κ2) is 5.95. The van der Waals surface area contributed by atoms with Gasteiger partial charge in [-0.25, -0.2) is 0 Å². The molecule has 0 aliphatic heterocycles. The fourth-order valence-electron chi connectivity index (χ4n) is 2.38. The highest BCUT2D eigenvalue weighted by Gasteiger charge is 2.33. The first-order chi connectivity index (χ1) is 10.9. The standard InChI is InChI=1S/C17H10Cl2F3N/c18-13-7-5-10(8-14(13)19)4-6-11-9-23-15-3-1-2-12(16(11)15)17(20,21)22/h1-9,23H/b6-4+. The van der Waals surface area contributed by atoms with E-state index in [0.29, 0.717) is 21.1 Å². The number of hydrogen-bond donors (Lipinski definition) is 1. The van der Waals surface area contributed by atoms with Crippen LogP contribution in [0.25, 0.3) is 23.1 Å². The number of benzene rings is 2. The Bertz CT molecular complexity index is 894. The molecule has 0 atom stereocenters. The van der Waals surface area contributed by atoms with Gasteiger partial charge in [0.1, 0.15) is 0 Å². The lowest BCUT2D eigenvalue weighted by Crippen LogP contribution is -2.05. The van der Waals surface area contributed by atoms with Gasteiger partial charge in [-0.05, 0) is 29.8 Å². The van der Waals surface area contributed by atoms with Gasteiger partial charge in [0, 0.05) is 22.7 Å². The molecule has 118 valence electrons. The molecule has 0 spiro atoms. The molecule has 1 aromatic heterocycles. The van der Waals surface area contributed by atoms with E-state index in [9.17, 15) is 13.2 Å². The zero-order valence-corrected chi connectivity index (χ0v) is 13.1. The molecule has 3 rings (SSSR count). The van der Waals surface area contributed by atoms with Crippen molar-refractivity contribution in [2.45, 2.75) is 6.18 Å². The van der Waals surface area contributed by atoms with E-state index in [4.69, 9.17) is 23.2 Å². The minimum Gasteiger partial charge on any atom is -0.361 e. The smallest absolute Gasteiger partial charge is 0.361 e. The van der Waals surface area contributed by atoms with Gasteiger partial charge in [-0.1, -0.05) is 47.5 Å². The lowest BCUT2D eigenvalue weighted by molar-refractivity contribution is -0.136. The normalized spacial score (nSPS) is 12.4. The fourth-order valence-corrected chi connectivity index (χ4v) is 2.69. The maximum absolute atomic E-state index is 13.2. The van der Waals surface area contributed by atoms with Crippen LogP contribution in [0.2, 0.25) is 10.0 Å². The summed E-state index contributed by atoms with van der Waals surface area (Å²) in [6.07, 6.45) is 0.452. The van der Waals surface area contributed by atoms with E-state index in [2.05, 4.69) is 4.98 Å². The number of hydrogen-bond acceptors (Lipinski definition) is 0. The Hall–Kier alpha value is -1.91. The Kier molecular flexibility index (Phi) is 4.13. The summed E-state index contributed by atoms with van der Waals surface area (Å²) in [7, 11) is 0. The van der Waals surface area contributed by atoms with Gasteiger partial charge in [-0.2, -0.15) is 13.2 Å². The Balaban J connectivity index is 2.06. The van der Waals surface area contributed by atoms with Gasteiger partial charge in [-0.15, -0.1) is 0 Å². The van der Waals surface area contributed by atoms with Gasteiger partial charge >= 0.3 is 6.18 Å². The molecule has 2 aromatic carbocycles. The number of aromatic amines is 1.